The molecule has 0 aromatic carbocycles. The van der Waals surface area contributed by atoms with Crippen LogP contribution in [-0.4, -0.2) is 60.1 Å². The summed E-state index contributed by atoms with van der Waals surface area (Å²) in [5, 5.41) is 4.84. The van der Waals surface area contributed by atoms with Crippen molar-refractivity contribution in [1.82, 2.24) is 15.5 Å². The lowest BCUT2D eigenvalue weighted by atomic mass is 9.89. The predicted octanol–water partition coefficient (Wildman–Crippen LogP) is -1.70. The molecule has 0 bridgehead atoms. The fourth-order valence-corrected chi connectivity index (χ4v) is 3.06. The van der Waals surface area contributed by atoms with Crippen LogP contribution in [0.25, 0.3) is 0 Å². The summed E-state index contributed by atoms with van der Waals surface area (Å²) in [7, 11) is 0. The number of carbonyl (C=O) groups excluding carboxylic acids is 3. The molecule has 3 fully saturated rings. The number of rotatable bonds is 1. The highest BCUT2D eigenvalue weighted by atomic mass is 16.5. The van der Waals surface area contributed by atoms with Crippen molar-refractivity contribution in [3.63, 3.8) is 0 Å². The van der Waals surface area contributed by atoms with E-state index >= 15 is 0 Å². The third-order valence-electron chi connectivity index (χ3n) is 4.38. The van der Waals surface area contributed by atoms with Gasteiger partial charge in [-0.1, -0.05) is 0 Å². The fraction of sp³-hybridized carbons (Fsp3) is 0.750. The van der Waals surface area contributed by atoms with Crippen LogP contribution in [0, 0.1) is 0 Å². The highest BCUT2D eigenvalue weighted by Gasteiger charge is 2.53. The number of ether oxygens (including phenoxy) is 1. The zero-order valence-corrected chi connectivity index (χ0v) is 11.1. The van der Waals surface area contributed by atoms with Crippen molar-refractivity contribution in [1.29, 1.82) is 0 Å². The fourth-order valence-electron chi connectivity index (χ4n) is 3.06. The smallest absolute Gasteiger partial charge is 0.322 e. The van der Waals surface area contributed by atoms with Crippen LogP contribution in [0.4, 0.5) is 4.79 Å². The molecular formula is C12H18N4O4. The number of amides is 4. The van der Waals surface area contributed by atoms with E-state index in [1.807, 2.05) is 0 Å². The molecule has 3 aliphatic rings. The van der Waals surface area contributed by atoms with Crippen LogP contribution in [0.3, 0.4) is 0 Å². The second-order valence-electron chi connectivity index (χ2n) is 5.74. The molecule has 3 saturated heterocycles. The molecule has 8 nitrogen and oxygen atoms in total. The molecule has 110 valence electrons. The minimum atomic E-state index is -0.978. The van der Waals surface area contributed by atoms with E-state index in [-0.39, 0.29) is 18.4 Å². The quantitative estimate of drug-likeness (QED) is 0.496. The lowest BCUT2D eigenvalue weighted by molar-refractivity contribution is -0.139. The second-order valence-corrected chi connectivity index (χ2v) is 5.74. The Morgan fingerprint density at radius 1 is 1.25 bits per heavy atom. The summed E-state index contributed by atoms with van der Waals surface area (Å²) in [6, 6.07) is -0.502. The minimum absolute atomic E-state index is 0.161. The summed E-state index contributed by atoms with van der Waals surface area (Å²) < 4.78 is 5.23. The van der Waals surface area contributed by atoms with E-state index in [0.717, 1.165) is 0 Å². The SMILES string of the molecule is NC1(C(=O)N2CCC3(C2)NC(=O)NC3=O)CCOCC1. The summed E-state index contributed by atoms with van der Waals surface area (Å²) in [6.45, 7) is 1.55. The molecular weight excluding hydrogens is 264 g/mol. The molecule has 0 radical (unpaired) electrons. The highest BCUT2D eigenvalue weighted by Crippen LogP contribution is 2.28. The molecule has 20 heavy (non-hydrogen) atoms. The number of likely N-dealkylation sites (tertiary alicyclic amines) is 1. The van der Waals surface area contributed by atoms with Crippen LogP contribution >= 0.6 is 0 Å². The van der Waals surface area contributed by atoms with Gasteiger partial charge in [0.25, 0.3) is 5.91 Å². The van der Waals surface area contributed by atoms with Crippen LogP contribution in [0.15, 0.2) is 0 Å². The van der Waals surface area contributed by atoms with Gasteiger partial charge >= 0.3 is 6.03 Å². The molecule has 3 heterocycles. The van der Waals surface area contributed by atoms with E-state index < -0.39 is 17.1 Å². The predicted molar refractivity (Wildman–Crippen MR) is 67.6 cm³/mol. The number of nitrogens with one attached hydrogen (secondary N) is 2. The monoisotopic (exact) mass is 282 g/mol. The molecule has 0 saturated carbocycles. The van der Waals surface area contributed by atoms with Gasteiger partial charge in [0.15, 0.2) is 0 Å². The van der Waals surface area contributed by atoms with E-state index in [4.69, 9.17) is 10.5 Å². The second kappa shape index (κ2) is 4.42. The maximum absolute atomic E-state index is 12.6. The van der Waals surface area contributed by atoms with Gasteiger partial charge in [0, 0.05) is 19.8 Å². The molecule has 1 atom stereocenters. The Balaban J connectivity index is 1.72. The summed E-state index contributed by atoms with van der Waals surface area (Å²) in [4.78, 5) is 37.2. The summed E-state index contributed by atoms with van der Waals surface area (Å²) in [5.41, 5.74) is 4.28. The Hall–Kier alpha value is -1.67. The van der Waals surface area contributed by atoms with Crippen LogP contribution in [0.1, 0.15) is 19.3 Å². The van der Waals surface area contributed by atoms with Crippen molar-refractivity contribution in [3.8, 4) is 0 Å². The number of imide groups is 1. The molecule has 3 rings (SSSR count). The van der Waals surface area contributed by atoms with Crippen LogP contribution in [0.2, 0.25) is 0 Å². The van der Waals surface area contributed by atoms with Crippen molar-refractivity contribution in [3.05, 3.63) is 0 Å². The van der Waals surface area contributed by atoms with Gasteiger partial charge in [-0.2, -0.15) is 0 Å². The van der Waals surface area contributed by atoms with Gasteiger partial charge in [0.05, 0.1) is 12.1 Å². The Labute approximate surface area is 116 Å². The van der Waals surface area contributed by atoms with E-state index in [1.54, 1.807) is 4.90 Å². The van der Waals surface area contributed by atoms with Gasteiger partial charge in [-0.05, 0) is 19.3 Å². The molecule has 4 amide bonds. The highest BCUT2D eigenvalue weighted by molar-refractivity contribution is 6.07. The Morgan fingerprint density at radius 2 is 1.95 bits per heavy atom. The van der Waals surface area contributed by atoms with Crippen LogP contribution in [0.5, 0.6) is 0 Å². The summed E-state index contributed by atoms with van der Waals surface area (Å²) >= 11 is 0. The van der Waals surface area contributed by atoms with Gasteiger partial charge in [-0.15, -0.1) is 0 Å². The summed E-state index contributed by atoms with van der Waals surface area (Å²) in [5.74, 6) is -0.525. The number of urea groups is 1. The lowest BCUT2D eigenvalue weighted by Gasteiger charge is -2.35. The first-order valence-corrected chi connectivity index (χ1v) is 6.75. The Kier molecular flexibility index (Phi) is 2.94. The van der Waals surface area contributed by atoms with E-state index in [1.165, 1.54) is 0 Å². The van der Waals surface area contributed by atoms with E-state index in [2.05, 4.69) is 10.6 Å². The minimum Gasteiger partial charge on any atom is -0.381 e. The zero-order chi connectivity index (χ0) is 14.4. The number of carbonyl (C=O) groups is 3. The average molecular weight is 282 g/mol. The first kappa shape index (κ1) is 13.3. The number of nitrogens with zero attached hydrogens (tertiary/aromatic N) is 1. The van der Waals surface area contributed by atoms with Crippen LogP contribution < -0.4 is 16.4 Å². The number of hydrogen-bond acceptors (Lipinski definition) is 5. The van der Waals surface area contributed by atoms with Crippen molar-refractivity contribution in [2.24, 2.45) is 5.73 Å². The standard InChI is InChI=1S/C12H18N4O4/c13-11(2-5-20-6-3-11)9(18)16-4-1-12(7-16)8(17)14-10(19)15-12/h1-7,13H2,(H2,14,15,17,19). The molecule has 8 heteroatoms. The zero-order valence-electron chi connectivity index (χ0n) is 11.1. The molecule has 1 spiro atoms. The molecule has 0 aliphatic carbocycles. The number of hydrogen-bond donors (Lipinski definition) is 3. The first-order valence-electron chi connectivity index (χ1n) is 6.75. The van der Waals surface area contributed by atoms with Crippen molar-refractivity contribution in [2.45, 2.75) is 30.3 Å². The van der Waals surface area contributed by atoms with E-state index in [9.17, 15) is 14.4 Å². The van der Waals surface area contributed by atoms with Crippen LogP contribution in [-0.2, 0) is 14.3 Å². The number of nitrogens with two attached hydrogens (primary N) is 1. The third kappa shape index (κ3) is 1.95. The summed E-state index contributed by atoms with van der Waals surface area (Å²) in [6.07, 6.45) is 1.38. The maximum Gasteiger partial charge on any atom is 0.322 e. The Morgan fingerprint density at radius 3 is 2.55 bits per heavy atom. The molecule has 1 unspecified atom stereocenters. The van der Waals surface area contributed by atoms with Crippen molar-refractivity contribution in [2.75, 3.05) is 26.3 Å². The van der Waals surface area contributed by atoms with E-state index in [0.29, 0.717) is 39.0 Å². The molecule has 4 N–H and O–H groups in total. The molecule has 0 aromatic heterocycles. The van der Waals surface area contributed by atoms with Crippen molar-refractivity contribution >= 4 is 17.8 Å². The third-order valence-corrected chi connectivity index (χ3v) is 4.38. The van der Waals surface area contributed by atoms with Gasteiger partial charge in [0.2, 0.25) is 5.91 Å². The molecule has 3 aliphatic heterocycles. The Bertz CT molecular complexity index is 474. The molecule has 0 aromatic rings. The maximum atomic E-state index is 12.6. The topological polar surface area (TPSA) is 114 Å². The van der Waals surface area contributed by atoms with Gasteiger partial charge in [-0.3, -0.25) is 14.9 Å². The largest absolute Gasteiger partial charge is 0.381 e. The van der Waals surface area contributed by atoms with Gasteiger partial charge < -0.3 is 20.7 Å². The average Bonchev–Trinajstić information content (AvgIpc) is 2.95. The lowest BCUT2D eigenvalue weighted by Crippen LogP contribution is -2.59. The first-order chi connectivity index (χ1) is 9.45. The normalized spacial score (nSPS) is 32.4. The van der Waals surface area contributed by atoms with Gasteiger partial charge in [0.1, 0.15) is 5.54 Å². The van der Waals surface area contributed by atoms with Crippen molar-refractivity contribution < 1.29 is 19.1 Å². The van der Waals surface area contributed by atoms with Gasteiger partial charge in [-0.25, -0.2) is 4.79 Å².